The number of likely N-dealkylation sites (N-methyl/N-ethyl adjacent to an activating group) is 1. The van der Waals surface area contributed by atoms with Gasteiger partial charge in [0.1, 0.15) is 12.4 Å². The fourth-order valence-electron chi connectivity index (χ4n) is 2.59. The zero-order valence-corrected chi connectivity index (χ0v) is 13.1. The van der Waals surface area contributed by atoms with Gasteiger partial charge in [0.2, 0.25) is 0 Å². The molecule has 0 unspecified atom stereocenters. The predicted molar refractivity (Wildman–Crippen MR) is 91.1 cm³/mol. The molecule has 2 heteroatoms. The van der Waals surface area contributed by atoms with Crippen LogP contribution in [0, 0.1) is 0 Å². The summed E-state index contributed by atoms with van der Waals surface area (Å²) in [7, 11) is 0. The van der Waals surface area contributed by atoms with Crippen molar-refractivity contribution >= 4 is 10.8 Å². The lowest BCUT2D eigenvalue weighted by atomic mass is 10.0. The van der Waals surface area contributed by atoms with Crippen molar-refractivity contribution in [3.8, 4) is 5.75 Å². The van der Waals surface area contributed by atoms with Gasteiger partial charge in [0.15, 0.2) is 0 Å². The number of hydrogen-bond donors (Lipinski definition) is 0. The van der Waals surface area contributed by atoms with E-state index in [1.54, 1.807) is 0 Å². The fourth-order valence-corrected chi connectivity index (χ4v) is 2.59. The summed E-state index contributed by atoms with van der Waals surface area (Å²) in [5.74, 6) is 1.01. The van der Waals surface area contributed by atoms with E-state index in [-0.39, 0.29) is 0 Å². The van der Waals surface area contributed by atoms with Gasteiger partial charge in [-0.3, -0.25) is 0 Å². The molecule has 0 radical (unpaired) electrons. The number of nitrogens with zero attached hydrogens (tertiary/aromatic N) is 1. The second-order valence-corrected chi connectivity index (χ2v) is 5.14. The van der Waals surface area contributed by atoms with Crippen molar-refractivity contribution in [3.63, 3.8) is 0 Å². The van der Waals surface area contributed by atoms with Gasteiger partial charge in [0.25, 0.3) is 0 Å². The van der Waals surface area contributed by atoms with Crippen molar-refractivity contribution in [2.45, 2.75) is 20.3 Å². The molecule has 0 saturated carbocycles. The third-order valence-corrected chi connectivity index (χ3v) is 3.87. The summed E-state index contributed by atoms with van der Waals surface area (Å²) in [6, 6.07) is 12.7. The average molecular weight is 283 g/mol. The second kappa shape index (κ2) is 7.84. The summed E-state index contributed by atoms with van der Waals surface area (Å²) < 4.78 is 6.15. The van der Waals surface area contributed by atoms with E-state index in [2.05, 4.69) is 61.7 Å². The van der Waals surface area contributed by atoms with Crippen molar-refractivity contribution < 1.29 is 4.74 Å². The first-order valence-electron chi connectivity index (χ1n) is 7.76. The Morgan fingerprint density at radius 1 is 1.10 bits per heavy atom. The zero-order valence-electron chi connectivity index (χ0n) is 13.1. The first-order valence-corrected chi connectivity index (χ1v) is 7.76. The fraction of sp³-hybridized carbons (Fsp3) is 0.368. The number of benzene rings is 2. The van der Waals surface area contributed by atoms with Crippen molar-refractivity contribution in [2.75, 3.05) is 26.2 Å². The van der Waals surface area contributed by atoms with Gasteiger partial charge in [0.05, 0.1) is 0 Å². The Bertz CT molecular complexity index is 587. The lowest BCUT2D eigenvalue weighted by molar-refractivity contribution is 0.223. The third-order valence-electron chi connectivity index (χ3n) is 3.87. The van der Waals surface area contributed by atoms with Gasteiger partial charge in [0, 0.05) is 11.9 Å². The highest BCUT2D eigenvalue weighted by Gasteiger charge is 2.08. The molecule has 0 saturated heterocycles. The third kappa shape index (κ3) is 3.85. The Kier molecular flexibility index (Phi) is 5.82. The van der Waals surface area contributed by atoms with Gasteiger partial charge in [-0.15, -0.1) is 6.58 Å². The molecular weight excluding hydrogens is 258 g/mol. The van der Waals surface area contributed by atoms with Crippen molar-refractivity contribution in [3.05, 3.63) is 54.6 Å². The molecule has 0 heterocycles. The molecule has 21 heavy (non-hydrogen) atoms. The molecule has 0 N–H and O–H groups in total. The largest absolute Gasteiger partial charge is 0.491 e. The van der Waals surface area contributed by atoms with Gasteiger partial charge in [-0.2, -0.15) is 0 Å². The van der Waals surface area contributed by atoms with Crippen LogP contribution in [0.4, 0.5) is 0 Å². The lowest BCUT2D eigenvalue weighted by Gasteiger charge is -2.19. The molecule has 112 valence electrons. The molecule has 0 bridgehead atoms. The summed E-state index contributed by atoms with van der Waals surface area (Å²) in [4.78, 5) is 2.37. The maximum absolute atomic E-state index is 6.15. The van der Waals surface area contributed by atoms with Crippen LogP contribution in [0.3, 0.4) is 0 Å². The molecule has 2 nitrogen and oxygen atoms in total. The number of ether oxygens (including phenoxy) is 1. The van der Waals surface area contributed by atoms with Gasteiger partial charge >= 0.3 is 0 Å². The molecule has 0 fully saturated rings. The number of hydrogen-bond acceptors (Lipinski definition) is 2. The van der Waals surface area contributed by atoms with Gasteiger partial charge in [-0.05, 0) is 30.5 Å². The van der Waals surface area contributed by atoms with Crippen LogP contribution in [-0.4, -0.2) is 31.1 Å². The van der Waals surface area contributed by atoms with Crippen LogP contribution in [0.25, 0.3) is 10.8 Å². The summed E-state index contributed by atoms with van der Waals surface area (Å²) >= 11 is 0. The number of allylic oxidation sites excluding steroid dienone is 1. The van der Waals surface area contributed by atoms with E-state index >= 15 is 0 Å². The van der Waals surface area contributed by atoms with Crippen LogP contribution >= 0.6 is 0 Å². The van der Waals surface area contributed by atoms with Crippen molar-refractivity contribution in [1.82, 2.24) is 4.90 Å². The van der Waals surface area contributed by atoms with E-state index in [1.807, 2.05) is 6.08 Å². The summed E-state index contributed by atoms with van der Waals surface area (Å²) in [6.45, 7) is 12.0. The maximum atomic E-state index is 6.15. The van der Waals surface area contributed by atoms with Crippen molar-refractivity contribution in [2.24, 2.45) is 0 Å². The maximum Gasteiger partial charge on any atom is 0.130 e. The van der Waals surface area contributed by atoms with E-state index in [9.17, 15) is 0 Å². The molecule has 2 aromatic carbocycles. The lowest BCUT2D eigenvalue weighted by Crippen LogP contribution is -2.28. The van der Waals surface area contributed by atoms with E-state index in [4.69, 9.17) is 4.74 Å². The van der Waals surface area contributed by atoms with E-state index in [1.165, 1.54) is 16.3 Å². The van der Waals surface area contributed by atoms with Crippen LogP contribution in [0.15, 0.2) is 49.1 Å². The van der Waals surface area contributed by atoms with Crippen LogP contribution < -0.4 is 4.74 Å². The number of rotatable bonds is 8. The topological polar surface area (TPSA) is 12.5 Å². The average Bonchev–Trinajstić information content (AvgIpc) is 2.53. The van der Waals surface area contributed by atoms with Crippen LogP contribution in [-0.2, 0) is 6.42 Å². The second-order valence-electron chi connectivity index (χ2n) is 5.14. The molecule has 0 aliphatic heterocycles. The molecule has 0 atom stereocenters. The Labute approximate surface area is 128 Å². The Morgan fingerprint density at radius 2 is 1.86 bits per heavy atom. The first-order chi connectivity index (χ1) is 10.3. The minimum atomic E-state index is 0.722. The van der Waals surface area contributed by atoms with E-state index in [0.717, 1.165) is 38.4 Å². The molecule has 0 aliphatic rings. The molecule has 2 aromatic rings. The summed E-state index contributed by atoms with van der Waals surface area (Å²) in [6.07, 6.45) is 2.77. The van der Waals surface area contributed by atoms with Crippen LogP contribution in [0.1, 0.15) is 19.4 Å². The molecule has 0 aliphatic carbocycles. The zero-order chi connectivity index (χ0) is 15.1. The Morgan fingerprint density at radius 3 is 2.57 bits per heavy atom. The highest BCUT2D eigenvalue weighted by molar-refractivity contribution is 5.89. The summed E-state index contributed by atoms with van der Waals surface area (Å²) in [5.41, 5.74) is 1.21. The predicted octanol–water partition coefficient (Wildman–Crippen LogP) is 4.29. The smallest absolute Gasteiger partial charge is 0.130 e. The van der Waals surface area contributed by atoms with E-state index in [0.29, 0.717) is 0 Å². The SMILES string of the molecule is C=CCc1ccc2ccccc2c1OCCN(CC)CC. The quantitative estimate of drug-likeness (QED) is 0.670. The monoisotopic (exact) mass is 283 g/mol. The van der Waals surface area contributed by atoms with Crippen LogP contribution in [0.5, 0.6) is 5.75 Å². The molecular formula is C19H25NO. The normalized spacial score (nSPS) is 11.0. The van der Waals surface area contributed by atoms with E-state index < -0.39 is 0 Å². The number of fused-ring (bicyclic) bond motifs is 1. The molecule has 0 spiro atoms. The van der Waals surface area contributed by atoms with Gasteiger partial charge in [-0.25, -0.2) is 0 Å². The molecule has 0 aromatic heterocycles. The van der Waals surface area contributed by atoms with Gasteiger partial charge in [-0.1, -0.05) is 56.3 Å². The highest BCUT2D eigenvalue weighted by atomic mass is 16.5. The standard InChI is InChI=1S/C19H25NO/c1-4-9-17-13-12-16-10-7-8-11-18(16)19(17)21-15-14-20(5-2)6-3/h4,7-8,10-13H,1,5-6,9,14-15H2,2-3H3. The van der Waals surface area contributed by atoms with Crippen LogP contribution in [0.2, 0.25) is 0 Å². The Hall–Kier alpha value is -1.80. The first kappa shape index (κ1) is 15.6. The van der Waals surface area contributed by atoms with Crippen molar-refractivity contribution in [1.29, 1.82) is 0 Å². The Balaban J connectivity index is 2.22. The van der Waals surface area contributed by atoms with Gasteiger partial charge < -0.3 is 9.64 Å². The summed E-state index contributed by atoms with van der Waals surface area (Å²) in [5, 5.41) is 2.42. The highest BCUT2D eigenvalue weighted by Crippen LogP contribution is 2.30. The molecule has 0 amide bonds. The minimum absolute atomic E-state index is 0.722. The minimum Gasteiger partial charge on any atom is -0.491 e. The molecule has 2 rings (SSSR count).